The third kappa shape index (κ3) is 3.33. The van der Waals surface area contributed by atoms with Crippen LogP contribution in [-0.4, -0.2) is 16.7 Å². The second kappa shape index (κ2) is 5.53. The highest BCUT2D eigenvalue weighted by Crippen LogP contribution is 2.41. The third-order valence-corrected chi connectivity index (χ3v) is 3.69. The van der Waals surface area contributed by atoms with Gasteiger partial charge >= 0.3 is 0 Å². The van der Waals surface area contributed by atoms with Crippen LogP contribution in [0.5, 0.6) is 0 Å². The summed E-state index contributed by atoms with van der Waals surface area (Å²) in [4.78, 5) is 4.44. The second-order valence-corrected chi connectivity index (χ2v) is 5.79. The van der Waals surface area contributed by atoms with E-state index in [1.807, 2.05) is 0 Å². The summed E-state index contributed by atoms with van der Waals surface area (Å²) in [7, 11) is 0. The van der Waals surface area contributed by atoms with Crippen LogP contribution >= 0.6 is 0 Å². The molecule has 0 aliphatic heterocycles. The fourth-order valence-electron chi connectivity index (χ4n) is 2.40. The average Bonchev–Trinajstić information content (AvgIpc) is 2.78. The molecular weight excluding hydrogens is 226 g/mol. The molecule has 4 heteroatoms. The Morgan fingerprint density at radius 3 is 2.83 bits per heavy atom. The molecule has 1 aliphatic rings. The summed E-state index contributed by atoms with van der Waals surface area (Å²) in [5.74, 6) is 4.47. The van der Waals surface area contributed by atoms with Gasteiger partial charge in [0.2, 0.25) is 5.89 Å². The van der Waals surface area contributed by atoms with Gasteiger partial charge in [0.15, 0.2) is 5.82 Å². The van der Waals surface area contributed by atoms with Crippen LogP contribution in [0.25, 0.3) is 0 Å². The zero-order valence-electron chi connectivity index (χ0n) is 11.2. The Hall–Kier alpha value is -1.34. The minimum atomic E-state index is 0.461. The molecule has 0 radical (unpaired) electrons. The molecule has 1 saturated carbocycles. The number of hydrogen-bond donors (Lipinski definition) is 1. The molecule has 18 heavy (non-hydrogen) atoms. The monoisotopic (exact) mass is 247 g/mol. The van der Waals surface area contributed by atoms with Gasteiger partial charge in [-0.25, -0.2) is 0 Å². The van der Waals surface area contributed by atoms with Gasteiger partial charge < -0.3 is 4.52 Å². The molecule has 4 nitrogen and oxygen atoms in total. The van der Waals surface area contributed by atoms with Crippen LogP contribution < -0.4 is 5.32 Å². The molecule has 1 heterocycles. The molecule has 1 fully saturated rings. The van der Waals surface area contributed by atoms with Crippen molar-refractivity contribution in [2.45, 2.75) is 52.0 Å². The van der Waals surface area contributed by atoms with E-state index in [0.717, 1.165) is 18.7 Å². The molecule has 0 unspecified atom stereocenters. The summed E-state index contributed by atoms with van der Waals surface area (Å²) >= 11 is 0. The minimum absolute atomic E-state index is 0.461. The highest BCUT2D eigenvalue weighted by Gasteiger charge is 2.29. The van der Waals surface area contributed by atoms with Crippen molar-refractivity contribution >= 4 is 0 Å². The SMILES string of the molecule is C#CCNCc1nc(C2CCC(C)(C)CC2)no1. The molecule has 98 valence electrons. The first kappa shape index (κ1) is 13.1. The summed E-state index contributed by atoms with van der Waals surface area (Å²) in [5, 5.41) is 7.14. The van der Waals surface area contributed by atoms with Crippen LogP contribution in [0.3, 0.4) is 0 Å². The van der Waals surface area contributed by atoms with Crippen molar-refractivity contribution in [1.29, 1.82) is 0 Å². The van der Waals surface area contributed by atoms with E-state index in [1.54, 1.807) is 0 Å². The first-order chi connectivity index (χ1) is 8.61. The maximum atomic E-state index is 5.22. The molecule has 0 atom stereocenters. The third-order valence-electron chi connectivity index (χ3n) is 3.69. The number of terminal acetylenes is 1. The van der Waals surface area contributed by atoms with E-state index in [0.29, 0.717) is 30.3 Å². The Kier molecular flexibility index (Phi) is 4.03. The number of aromatic nitrogens is 2. The molecule has 1 aromatic rings. The van der Waals surface area contributed by atoms with Crippen molar-refractivity contribution in [3.63, 3.8) is 0 Å². The van der Waals surface area contributed by atoms with E-state index in [4.69, 9.17) is 10.9 Å². The Morgan fingerprint density at radius 2 is 2.17 bits per heavy atom. The van der Waals surface area contributed by atoms with Crippen LogP contribution in [0.15, 0.2) is 4.52 Å². The number of rotatable bonds is 4. The fraction of sp³-hybridized carbons (Fsp3) is 0.714. The zero-order chi connectivity index (χ0) is 13.0. The zero-order valence-corrected chi connectivity index (χ0v) is 11.2. The summed E-state index contributed by atoms with van der Waals surface area (Å²) < 4.78 is 5.22. The fourth-order valence-corrected chi connectivity index (χ4v) is 2.40. The molecule has 1 aliphatic carbocycles. The van der Waals surface area contributed by atoms with E-state index < -0.39 is 0 Å². The smallest absolute Gasteiger partial charge is 0.240 e. The largest absolute Gasteiger partial charge is 0.338 e. The van der Waals surface area contributed by atoms with Crippen molar-refractivity contribution in [3.8, 4) is 12.3 Å². The van der Waals surface area contributed by atoms with Gasteiger partial charge in [0.25, 0.3) is 0 Å². The van der Waals surface area contributed by atoms with E-state index in [9.17, 15) is 0 Å². The standard InChI is InChI=1S/C14H21N3O/c1-4-9-15-10-12-16-13(17-18-12)11-5-7-14(2,3)8-6-11/h1,11,15H,5-10H2,2-3H3. The maximum absolute atomic E-state index is 5.22. The maximum Gasteiger partial charge on any atom is 0.240 e. The van der Waals surface area contributed by atoms with Crippen LogP contribution in [0.2, 0.25) is 0 Å². The van der Waals surface area contributed by atoms with Gasteiger partial charge in [-0.3, -0.25) is 5.32 Å². The Balaban J connectivity index is 1.89. The summed E-state index contributed by atoms with van der Waals surface area (Å²) in [6.07, 6.45) is 9.94. The number of hydrogen-bond acceptors (Lipinski definition) is 4. The first-order valence-corrected chi connectivity index (χ1v) is 6.57. The molecule has 0 spiro atoms. The van der Waals surface area contributed by atoms with Crippen molar-refractivity contribution in [1.82, 2.24) is 15.5 Å². The molecular formula is C14H21N3O. The molecule has 0 saturated heterocycles. The predicted molar refractivity (Wildman–Crippen MR) is 69.8 cm³/mol. The van der Waals surface area contributed by atoms with Crippen LogP contribution in [0.1, 0.15) is 57.2 Å². The van der Waals surface area contributed by atoms with Gasteiger partial charge in [-0.2, -0.15) is 4.98 Å². The van der Waals surface area contributed by atoms with Crippen LogP contribution in [-0.2, 0) is 6.54 Å². The highest BCUT2D eigenvalue weighted by atomic mass is 16.5. The Bertz CT molecular complexity index is 420. The quantitative estimate of drug-likeness (QED) is 0.656. The van der Waals surface area contributed by atoms with E-state index in [-0.39, 0.29) is 0 Å². The molecule has 0 aromatic carbocycles. The van der Waals surface area contributed by atoms with Gasteiger partial charge in [0, 0.05) is 5.92 Å². The summed E-state index contributed by atoms with van der Waals surface area (Å²) in [5.41, 5.74) is 0.470. The highest BCUT2D eigenvalue weighted by molar-refractivity contribution is 4.99. The summed E-state index contributed by atoms with van der Waals surface area (Å²) in [6.45, 7) is 5.73. The summed E-state index contributed by atoms with van der Waals surface area (Å²) in [6, 6.07) is 0. The van der Waals surface area contributed by atoms with E-state index >= 15 is 0 Å². The lowest BCUT2D eigenvalue weighted by atomic mass is 9.73. The lowest BCUT2D eigenvalue weighted by Gasteiger charge is -2.32. The molecule has 0 amide bonds. The Morgan fingerprint density at radius 1 is 1.44 bits per heavy atom. The van der Waals surface area contributed by atoms with Crippen molar-refractivity contribution in [2.24, 2.45) is 5.41 Å². The normalized spacial score (nSPS) is 19.6. The van der Waals surface area contributed by atoms with E-state index in [2.05, 4.69) is 35.2 Å². The van der Waals surface area contributed by atoms with E-state index in [1.165, 1.54) is 12.8 Å². The first-order valence-electron chi connectivity index (χ1n) is 6.57. The Labute approximate surface area is 109 Å². The number of nitrogens with one attached hydrogen (secondary N) is 1. The van der Waals surface area contributed by atoms with Crippen molar-refractivity contribution in [3.05, 3.63) is 11.7 Å². The second-order valence-electron chi connectivity index (χ2n) is 5.79. The van der Waals surface area contributed by atoms with Gasteiger partial charge in [-0.05, 0) is 31.1 Å². The van der Waals surface area contributed by atoms with Crippen molar-refractivity contribution in [2.75, 3.05) is 6.54 Å². The number of nitrogens with zero attached hydrogens (tertiary/aromatic N) is 2. The van der Waals surface area contributed by atoms with Gasteiger partial charge in [-0.1, -0.05) is 24.9 Å². The van der Waals surface area contributed by atoms with Crippen molar-refractivity contribution < 1.29 is 4.52 Å². The van der Waals surface area contributed by atoms with Crippen LogP contribution in [0, 0.1) is 17.8 Å². The molecule has 0 bridgehead atoms. The molecule has 2 rings (SSSR count). The lowest BCUT2D eigenvalue weighted by Crippen LogP contribution is -2.20. The average molecular weight is 247 g/mol. The topological polar surface area (TPSA) is 51.0 Å². The molecule has 1 aromatic heterocycles. The minimum Gasteiger partial charge on any atom is -0.338 e. The molecule has 1 N–H and O–H groups in total. The van der Waals surface area contributed by atoms with Gasteiger partial charge in [0.05, 0.1) is 13.1 Å². The lowest BCUT2D eigenvalue weighted by molar-refractivity contribution is 0.218. The predicted octanol–water partition coefficient (Wildman–Crippen LogP) is 2.48. The van der Waals surface area contributed by atoms with Gasteiger partial charge in [-0.15, -0.1) is 6.42 Å². The van der Waals surface area contributed by atoms with Crippen LogP contribution in [0.4, 0.5) is 0 Å². The van der Waals surface area contributed by atoms with Gasteiger partial charge in [0.1, 0.15) is 0 Å².